The molecule has 0 unspecified atom stereocenters. The molecule has 5 rings (SSSR count). The highest BCUT2D eigenvalue weighted by atomic mass is 16.4. The summed E-state index contributed by atoms with van der Waals surface area (Å²) in [6.45, 7) is 0.281. The van der Waals surface area contributed by atoms with Gasteiger partial charge in [-0.25, -0.2) is 4.79 Å². The number of carbonyl (C=O) groups is 3. The van der Waals surface area contributed by atoms with Gasteiger partial charge in [0.05, 0.1) is 5.69 Å². The molecule has 2 atom stereocenters. The van der Waals surface area contributed by atoms with Crippen molar-refractivity contribution in [1.29, 1.82) is 0 Å². The number of carbonyl (C=O) groups excluding carboxylic acids is 2. The van der Waals surface area contributed by atoms with E-state index in [0.717, 1.165) is 11.1 Å². The average Bonchev–Trinajstić information content (AvgIpc) is 3.47. The van der Waals surface area contributed by atoms with Gasteiger partial charge >= 0.3 is 5.97 Å². The maximum atomic E-state index is 13.1. The summed E-state index contributed by atoms with van der Waals surface area (Å²) < 4.78 is 1.32. The first-order chi connectivity index (χ1) is 19.8. The molecule has 4 N–H and O–H groups in total. The minimum Gasteiger partial charge on any atom is -0.494 e. The molecule has 9 nitrogen and oxygen atoms in total. The average molecular weight is 554 g/mol. The summed E-state index contributed by atoms with van der Waals surface area (Å²) in [6, 6.07) is 25.2. The molecule has 9 heteroatoms. The molecule has 210 valence electrons. The van der Waals surface area contributed by atoms with E-state index in [-0.39, 0.29) is 37.1 Å². The number of aliphatic carboxylic acids is 1. The fourth-order valence-electron chi connectivity index (χ4n) is 5.21. The normalized spacial score (nSPS) is 15.6. The van der Waals surface area contributed by atoms with E-state index in [1.54, 1.807) is 24.3 Å². The molecular weight excluding hydrogens is 522 g/mol. The standard InChI is InChI=1S/C32H31N3O6/c36-28-16-15-27(34(28)20-23-9-5-2-6-10-23)30(38)33-26(32(40)41)18-22-11-13-25(14-12-22)35-29(37)19-24(31(35)39)17-21-7-3-1-4-8-21/h1-14,19,26-27,37,39H,15-18,20H2,(H,33,38)(H,40,41)/t26-,27-/m0/s1. The lowest BCUT2D eigenvalue weighted by molar-refractivity contribution is -0.143. The molecular formula is C32H31N3O6. The van der Waals surface area contributed by atoms with E-state index in [1.807, 2.05) is 60.7 Å². The molecule has 1 aliphatic rings. The van der Waals surface area contributed by atoms with E-state index in [4.69, 9.17) is 0 Å². The van der Waals surface area contributed by atoms with Crippen molar-refractivity contribution < 1.29 is 29.7 Å². The van der Waals surface area contributed by atoms with Gasteiger partial charge in [0.15, 0.2) is 5.88 Å². The summed E-state index contributed by atoms with van der Waals surface area (Å²) in [5, 5.41) is 33.8. The number of hydrogen-bond donors (Lipinski definition) is 4. The Morgan fingerprint density at radius 2 is 1.51 bits per heavy atom. The summed E-state index contributed by atoms with van der Waals surface area (Å²) in [6.07, 6.45) is 1.02. The number of nitrogens with one attached hydrogen (secondary N) is 1. The quantitative estimate of drug-likeness (QED) is 0.236. The van der Waals surface area contributed by atoms with Crippen molar-refractivity contribution in [2.24, 2.45) is 0 Å². The van der Waals surface area contributed by atoms with E-state index < -0.39 is 24.0 Å². The highest BCUT2D eigenvalue weighted by Crippen LogP contribution is 2.33. The molecule has 3 aromatic carbocycles. The fourth-order valence-corrected chi connectivity index (χ4v) is 5.21. The predicted molar refractivity (Wildman–Crippen MR) is 152 cm³/mol. The van der Waals surface area contributed by atoms with Crippen molar-refractivity contribution in [3.8, 4) is 17.4 Å². The second kappa shape index (κ2) is 12.0. The molecule has 1 aliphatic heterocycles. The molecule has 1 saturated heterocycles. The van der Waals surface area contributed by atoms with Crippen LogP contribution in [-0.4, -0.2) is 54.7 Å². The topological polar surface area (TPSA) is 132 Å². The molecule has 41 heavy (non-hydrogen) atoms. The van der Waals surface area contributed by atoms with Crippen LogP contribution in [0.15, 0.2) is 91.0 Å². The van der Waals surface area contributed by atoms with Crippen LogP contribution in [-0.2, 0) is 33.8 Å². The molecule has 4 aromatic rings. The lowest BCUT2D eigenvalue weighted by Crippen LogP contribution is -2.50. The Hall–Kier alpha value is -5.05. The number of carboxylic acids is 1. The van der Waals surface area contributed by atoms with E-state index in [1.165, 1.54) is 15.5 Å². The Morgan fingerprint density at radius 3 is 2.15 bits per heavy atom. The molecule has 0 aliphatic carbocycles. The number of aromatic nitrogens is 1. The van der Waals surface area contributed by atoms with Gasteiger partial charge in [0.1, 0.15) is 12.1 Å². The lowest BCUT2D eigenvalue weighted by atomic mass is 10.0. The SMILES string of the molecule is O=C(O)[C@H](Cc1ccc(-n2c(O)cc(Cc3ccccc3)c2O)cc1)NC(=O)[C@@H]1CCC(=O)N1Cc1ccccc1. The number of nitrogens with zero attached hydrogens (tertiary/aromatic N) is 2. The van der Waals surface area contributed by atoms with Crippen LogP contribution >= 0.6 is 0 Å². The van der Waals surface area contributed by atoms with Crippen molar-refractivity contribution >= 4 is 17.8 Å². The number of likely N-dealkylation sites (tertiary alicyclic amines) is 1. The third-order valence-corrected chi connectivity index (χ3v) is 7.34. The van der Waals surface area contributed by atoms with Crippen molar-refractivity contribution in [2.75, 3.05) is 0 Å². The van der Waals surface area contributed by atoms with Gasteiger partial charge in [-0.3, -0.25) is 14.2 Å². The van der Waals surface area contributed by atoms with Gasteiger partial charge in [-0.15, -0.1) is 0 Å². The predicted octanol–water partition coefficient (Wildman–Crippen LogP) is 3.78. The summed E-state index contributed by atoms with van der Waals surface area (Å²) in [5.74, 6) is -2.03. The first-order valence-corrected chi connectivity index (χ1v) is 13.4. The minimum atomic E-state index is -1.20. The molecule has 2 heterocycles. The van der Waals surface area contributed by atoms with Crippen LogP contribution in [0.4, 0.5) is 0 Å². The maximum Gasteiger partial charge on any atom is 0.326 e. The Morgan fingerprint density at radius 1 is 0.878 bits per heavy atom. The van der Waals surface area contributed by atoms with Crippen LogP contribution in [0.1, 0.15) is 35.1 Å². The van der Waals surface area contributed by atoms with Crippen molar-refractivity contribution in [1.82, 2.24) is 14.8 Å². The highest BCUT2D eigenvalue weighted by Gasteiger charge is 2.37. The van der Waals surface area contributed by atoms with E-state index >= 15 is 0 Å². The Kier molecular flexibility index (Phi) is 8.05. The monoisotopic (exact) mass is 553 g/mol. The number of rotatable bonds is 10. The van der Waals surface area contributed by atoms with Crippen LogP contribution in [0.2, 0.25) is 0 Å². The Labute approximate surface area is 237 Å². The summed E-state index contributed by atoms with van der Waals surface area (Å²) >= 11 is 0. The molecule has 0 saturated carbocycles. The number of hydrogen-bond acceptors (Lipinski definition) is 5. The summed E-state index contributed by atoms with van der Waals surface area (Å²) in [7, 11) is 0. The maximum absolute atomic E-state index is 13.1. The third kappa shape index (κ3) is 6.24. The summed E-state index contributed by atoms with van der Waals surface area (Å²) in [4.78, 5) is 39.2. The highest BCUT2D eigenvalue weighted by molar-refractivity contribution is 5.93. The number of amides is 2. The second-order valence-corrected chi connectivity index (χ2v) is 10.2. The third-order valence-electron chi connectivity index (χ3n) is 7.34. The van der Waals surface area contributed by atoms with Gasteiger partial charge < -0.3 is 25.5 Å². The Balaban J connectivity index is 1.26. The van der Waals surface area contributed by atoms with Gasteiger partial charge in [0.25, 0.3) is 0 Å². The van der Waals surface area contributed by atoms with Crippen LogP contribution in [0.5, 0.6) is 11.8 Å². The molecule has 0 bridgehead atoms. The van der Waals surface area contributed by atoms with Gasteiger partial charge in [0, 0.05) is 37.4 Å². The van der Waals surface area contributed by atoms with Crippen molar-refractivity contribution in [3.63, 3.8) is 0 Å². The zero-order valence-corrected chi connectivity index (χ0v) is 22.3. The fraction of sp³-hybridized carbons (Fsp3) is 0.219. The molecule has 1 aromatic heterocycles. The van der Waals surface area contributed by atoms with E-state index in [0.29, 0.717) is 29.7 Å². The number of benzene rings is 3. The number of aromatic hydroxyl groups is 2. The first kappa shape index (κ1) is 27.5. The molecule has 0 radical (unpaired) electrons. The van der Waals surface area contributed by atoms with Crippen LogP contribution in [0.3, 0.4) is 0 Å². The molecule has 0 spiro atoms. The largest absolute Gasteiger partial charge is 0.494 e. The van der Waals surface area contributed by atoms with Gasteiger partial charge in [-0.1, -0.05) is 72.8 Å². The van der Waals surface area contributed by atoms with Gasteiger partial charge in [-0.2, -0.15) is 0 Å². The van der Waals surface area contributed by atoms with E-state index in [2.05, 4.69) is 5.32 Å². The molecule has 1 fully saturated rings. The second-order valence-electron chi connectivity index (χ2n) is 10.2. The first-order valence-electron chi connectivity index (χ1n) is 13.4. The van der Waals surface area contributed by atoms with Crippen molar-refractivity contribution in [3.05, 3.63) is 113 Å². The van der Waals surface area contributed by atoms with Crippen LogP contribution in [0.25, 0.3) is 5.69 Å². The smallest absolute Gasteiger partial charge is 0.326 e. The van der Waals surface area contributed by atoms with E-state index in [9.17, 15) is 29.7 Å². The Bertz CT molecular complexity index is 1530. The van der Waals surface area contributed by atoms with Crippen LogP contribution in [0, 0.1) is 0 Å². The lowest BCUT2D eigenvalue weighted by Gasteiger charge is -2.26. The zero-order valence-electron chi connectivity index (χ0n) is 22.3. The number of carboxylic acid groups (broad SMARTS) is 1. The zero-order chi connectivity index (χ0) is 28.9. The minimum absolute atomic E-state index is 0.0175. The molecule has 2 amide bonds. The van der Waals surface area contributed by atoms with Crippen molar-refractivity contribution in [2.45, 2.75) is 44.3 Å². The van der Waals surface area contributed by atoms with Crippen LogP contribution < -0.4 is 5.32 Å². The van der Waals surface area contributed by atoms with Gasteiger partial charge in [0.2, 0.25) is 17.7 Å². The summed E-state index contributed by atoms with van der Waals surface area (Å²) in [5.41, 5.74) is 3.59. The van der Waals surface area contributed by atoms with Gasteiger partial charge in [-0.05, 0) is 35.2 Å².